The molecule has 4 aromatic carbocycles. The first-order chi connectivity index (χ1) is 35.8. The van der Waals surface area contributed by atoms with Crippen LogP contribution in [0.2, 0.25) is 0 Å². The van der Waals surface area contributed by atoms with Gasteiger partial charge in [0.15, 0.2) is 0 Å². The largest absolute Gasteiger partial charge is 0.453 e. The van der Waals surface area contributed by atoms with Crippen LogP contribution in [0.15, 0.2) is 122 Å². The maximum absolute atomic E-state index is 14.5. The average Bonchev–Trinajstić information content (AvgIpc) is 4.27. The molecule has 0 radical (unpaired) electrons. The second kappa shape index (κ2) is 23.8. The normalized spacial score (nSPS) is 16.3. The van der Waals surface area contributed by atoms with Crippen LogP contribution in [0.5, 0.6) is 0 Å². The molecule has 2 aliphatic rings. The number of rotatable bonds is 17. The molecular formula is C58H66N8O8. The van der Waals surface area contributed by atoms with Gasteiger partial charge in [-0.3, -0.25) is 28.3 Å². The van der Waals surface area contributed by atoms with Gasteiger partial charge in [-0.1, -0.05) is 137 Å². The third-order valence-electron chi connectivity index (χ3n) is 14.2. The first-order valence-electron chi connectivity index (χ1n) is 25.6. The monoisotopic (exact) mass is 1000 g/mol. The van der Waals surface area contributed by atoms with Crippen molar-refractivity contribution < 1.29 is 38.2 Å². The quantitative estimate of drug-likeness (QED) is 0.0891. The number of imidazole rings is 2. The molecule has 2 aliphatic heterocycles. The van der Waals surface area contributed by atoms with Crippen molar-refractivity contribution in [2.24, 2.45) is 11.8 Å². The van der Waals surface area contributed by atoms with Gasteiger partial charge in [0.25, 0.3) is 0 Å². The lowest BCUT2D eigenvalue weighted by atomic mass is 10.0. The third-order valence-corrected chi connectivity index (χ3v) is 14.2. The number of aromatic nitrogens is 4. The second-order valence-corrected chi connectivity index (χ2v) is 19.7. The average molecular weight is 1000 g/mol. The molecule has 0 spiro atoms. The molecule has 16 nitrogen and oxygen atoms in total. The Morgan fingerprint density at radius 1 is 0.527 bits per heavy atom. The van der Waals surface area contributed by atoms with Gasteiger partial charge in [-0.05, 0) is 72.6 Å². The topological polar surface area (TPSA) is 187 Å². The van der Waals surface area contributed by atoms with Crippen LogP contribution in [0.25, 0.3) is 33.6 Å². The van der Waals surface area contributed by atoms with E-state index in [1.54, 1.807) is 31.3 Å². The van der Waals surface area contributed by atoms with Crippen molar-refractivity contribution in [3.05, 3.63) is 144 Å². The number of hydrogen-bond acceptors (Lipinski definition) is 10. The lowest BCUT2D eigenvalue weighted by molar-refractivity contribution is -0.136. The van der Waals surface area contributed by atoms with Crippen molar-refractivity contribution >= 4 is 35.8 Å². The molecule has 74 heavy (non-hydrogen) atoms. The minimum absolute atomic E-state index is 0.146. The fourth-order valence-electron chi connectivity index (χ4n) is 10.2. The molecule has 2 saturated heterocycles. The number of amides is 4. The van der Waals surface area contributed by atoms with E-state index < -0.39 is 36.4 Å². The van der Waals surface area contributed by atoms with Crippen molar-refractivity contribution in [2.75, 3.05) is 27.3 Å². The molecule has 8 rings (SSSR count). The summed E-state index contributed by atoms with van der Waals surface area (Å²) >= 11 is 0. The Morgan fingerprint density at radius 2 is 0.878 bits per heavy atom. The number of alkyl carbamates (subject to hydrolysis) is 2. The molecule has 4 heterocycles. The van der Waals surface area contributed by atoms with Crippen LogP contribution in [-0.4, -0.2) is 104 Å². The number of hydrogen-bond donors (Lipinski definition) is 2. The zero-order chi connectivity index (χ0) is 52.5. The first kappa shape index (κ1) is 52.4. The highest BCUT2D eigenvalue weighted by atomic mass is 16.5. The Labute approximate surface area is 432 Å². The minimum atomic E-state index is -0.824. The van der Waals surface area contributed by atoms with E-state index in [1.807, 2.05) is 137 Å². The summed E-state index contributed by atoms with van der Waals surface area (Å²) < 4.78 is 13.0. The smallest absolute Gasteiger partial charge is 0.407 e. The first-order valence-corrected chi connectivity index (χ1v) is 25.6. The lowest BCUT2D eigenvalue weighted by Crippen LogP contribution is -2.51. The highest BCUT2D eigenvalue weighted by Crippen LogP contribution is 2.38. The highest BCUT2D eigenvalue weighted by Gasteiger charge is 2.41. The number of methoxy groups -OCH3 is 2. The van der Waals surface area contributed by atoms with Gasteiger partial charge in [0.2, 0.25) is 23.6 Å². The molecule has 2 N–H and O–H groups in total. The van der Waals surface area contributed by atoms with Crippen molar-refractivity contribution in [3.63, 3.8) is 0 Å². The van der Waals surface area contributed by atoms with E-state index in [0.29, 0.717) is 74.7 Å². The van der Waals surface area contributed by atoms with Gasteiger partial charge >= 0.3 is 12.2 Å². The molecule has 6 aromatic rings. The number of ether oxygens (including phenoxy) is 2. The standard InChI is InChI=1S/C58H66N8O8/c1-37(2)51(61-57(71)73-5)55(69)63-33-13-19-45(63)53-59-35-47(65(53)49(67)31-21-39-15-9-7-10-16-39)43-27-23-41(24-28-43)42-25-29-44(30-26-42)48-36-60-54(66(48)50(68)32-22-40-17-11-8-12-18-40)46-20-14-34-64(46)56(70)52(38(3)4)62-58(72)74-6/h7-12,15-18,23-30,35-38,45-46,51-52H,13-14,19-22,31-34H2,1-6H3,(H,61,71)(H,62,72)/t45-,46-,51-,52-/m0/s1. The van der Waals surface area contributed by atoms with Gasteiger partial charge in [0, 0.05) is 37.1 Å². The predicted molar refractivity (Wildman–Crippen MR) is 281 cm³/mol. The number of likely N-dealkylation sites (tertiary alicyclic amines) is 2. The summed E-state index contributed by atoms with van der Waals surface area (Å²) in [6.07, 6.45) is 6.12. The van der Waals surface area contributed by atoms with Crippen LogP contribution in [0.1, 0.15) is 111 Å². The Morgan fingerprint density at radius 3 is 1.22 bits per heavy atom. The number of nitrogens with one attached hydrogen (secondary N) is 2. The van der Waals surface area contributed by atoms with E-state index in [0.717, 1.165) is 33.4 Å². The van der Waals surface area contributed by atoms with Crippen molar-refractivity contribution in [1.82, 2.24) is 39.5 Å². The van der Waals surface area contributed by atoms with E-state index in [9.17, 15) is 28.8 Å². The van der Waals surface area contributed by atoms with Gasteiger partial charge < -0.3 is 29.9 Å². The summed E-state index contributed by atoms with van der Waals surface area (Å²) in [5.74, 6) is -0.279. The number of carbonyl (C=O) groups is 6. The second-order valence-electron chi connectivity index (χ2n) is 19.7. The zero-order valence-electron chi connectivity index (χ0n) is 43.0. The molecule has 0 saturated carbocycles. The Kier molecular flexibility index (Phi) is 16.8. The Hall–Kier alpha value is -7.88. The van der Waals surface area contributed by atoms with E-state index >= 15 is 0 Å². The van der Waals surface area contributed by atoms with Crippen LogP contribution in [-0.2, 0) is 31.9 Å². The summed E-state index contributed by atoms with van der Waals surface area (Å²) in [6.45, 7) is 8.37. The van der Waals surface area contributed by atoms with Crippen LogP contribution in [0.3, 0.4) is 0 Å². The Balaban J connectivity index is 1.08. The van der Waals surface area contributed by atoms with Crippen molar-refractivity contribution in [2.45, 2.75) is 103 Å². The molecule has 0 unspecified atom stereocenters. The SMILES string of the molecule is COC(=O)N[C@H](C(=O)N1CCC[C@H]1c1ncc(-c2ccc(-c3ccc(-c4cnc([C@@H]5CCCN5C(=O)[C@@H](NC(=O)OC)C(C)C)n4C(=O)CCc4ccccc4)cc3)cc2)n1C(=O)CCc1ccccc1)C(C)C. The van der Waals surface area contributed by atoms with Gasteiger partial charge in [-0.15, -0.1) is 0 Å². The van der Waals surface area contributed by atoms with Gasteiger partial charge in [0.05, 0.1) is 50.1 Å². The summed E-state index contributed by atoms with van der Waals surface area (Å²) in [4.78, 5) is 95.0. The number of nitrogens with zero attached hydrogens (tertiary/aromatic N) is 6. The number of aryl methyl sites for hydroxylation is 2. The minimum Gasteiger partial charge on any atom is -0.453 e. The van der Waals surface area contributed by atoms with E-state index in [4.69, 9.17) is 19.4 Å². The lowest BCUT2D eigenvalue weighted by Gasteiger charge is -2.30. The van der Waals surface area contributed by atoms with Crippen molar-refractivity contribution in [3.8, 4) is 33.6 Å². The van der Waals surface area contributed by atoms with Crippen LogP contribution < -0.4 is 10.6 Å². The van der Waals surface area contributed by atoms with E-state index in [2.05, 4.69) is 10.6 Å². The predicted octanol–water partition coefficient (Wildman–Crippen LogP) is 9.71. The van der Waals surface area contributed by atoms with Crippen LogP contribution >= 0.6 is 0 Å². The molecule has 0 aliphatic carbocycles. The number of carbonyl (C=O) groups excluding carboxylic acids is 6. The highest BCUT2D eigenvalue weighted by molar-refractivity contribution is 5.89. The summed E-state index contributed by atoms with van der Waals surface area (Å²) in [5.41, 5.74) is 6.65. The van der Waals surface area contributed by atoms with E-state index in [-0.39, 0.29) is 48.3 Å². The molecule has 386 valence electrons. The third kappa shape index (κ3) is 11.6. The molecule has 4 atom stereocenters. The zero-order valence-corrected chi connectivity index (χ0v) is 43.0. The van der Waals surface area contributed by atoms with Gasteiger partial charge in [-0.25, -0.2) is 19.6 Å². The van der Waals surface area contributed by atoms with Gasteiger partial charge in [-0.2, -0.15) is 0 Å². The maximum Gasteiger partial charge on any atom is 0.407 e. The fraction of sp³-hybridized carbons (Fsp3) is 0.379. The molecule has 0 bridgehead atoms. The number of benzene rings is 4. The molecule has 2 fully saturated rings. The van der Waals surface area contributed by atoms with E-state index in [1.165, 1.54) is 14.2 Å². The summed E-state index contributed by atoms with van der Waals surface area (Å²) in [7, 11) is 2.53. The maximum atomic E-state index is 14.5. The Bertz CT molecular complexity index is 2730. The van der Waals surface area contributed by atoms with Crippen LogP contribution in [0.4, 0.5) is 9.59 Å². The fourth-order valence-corrected chi connectivity index (χ4v) is 10.2. The van der Waals surface area contributed by atoms with Crippen molar-refractivity contribution in [1.29, 1.82) is 0 Å². The molecule has 4 amide bonds. The molecule has 16 heteroatoms. The molecular weight excluding hydrogens is 937 g/mol. The van der Waals surface area contributed by atoms with Gasteiger partial charge in [0.1, 0.15) is 23.7 Å². The summed E-state index contributed by atoms with van der Waals surface area (Å²) in [5, 5.41) is 5.41. The summed E-state index contributed by atoms with van der Waals surface area (Å²) in [6, 6.07) is 32.9. The van der Waals surface area contributed by atoms with Crippen LogP contribution in [0, 0.1) is 11.8 Å². The molecule has 2 aromatic heterocycles.